The molecule has 0 aliphatic carbocycles. The largest absolute Gasteiger partial charge is 0.337 e. The normalized spacial score (nSPS) is 16.2. The molecule has 1 atom stereocenters. The van der Waals surface area contributed by atoms with Crippen LogP contribution in [0.5, 0.6) is 0 Å². The molecule has 2 aromatic carbocycles. The fourth-order valence-electron chi connectivity index (χ4n) is 3.57. The van der Waals surface area contributed by atoms with Crippen LogP contribution in [-0.2, 0) is 5.75 Å². The number of hydrogen-bond acceptors (Lipinski definition) is 4. The van der Waals surface area contributed by atoms with E-state index >= 15 is 0 Å². The zero-order valence-corrected chi connectivity index (χ0v) is 18.7. The molecule has 1 amide bonds. The van der Waals surface area contributed by atoms with Gasteiger partial charge in [0.2, 0.25) is 0 Å². The molecule has 0 bridgehead atoms. The molecular weight excluding hydrogens is 427 g/mol. The van der Waals surface area contributed by atoms with E-state index in [1.54, 1.807) is 11.8 Å². The average Bonchev–Trinajstić information content (AvgIpc) is 3.15. The van der Waals surface area contributed by atoms with Crippen molar-refractivity contribution in [3.05, 3.63) is 59.7 Å². The summed E-state index contributed by atoms with van der Waals surface area (Å²) in [5.41, 5.74) is 3.86. The topological polar surface area (TPSA) is 61.0 Å². The number of thioether (sulfide) groups is 1. The van der Waals surface area contributed by atoms with Gasteiger partial charge in [0.25, 0.3) is 5.91 Å². The predicted octanol–water partition coefficient (Wildman–Crippen LogP) is 4.52. The van der Waals surface area contributed by atoms with E-state index in [-0.39, 0.29) is 30.7 Å². The van der Waals surface area contributed by atoms with Gasteiger partial charge in [-0.25, -0.2) is 4.98 Å². The monoisotopic (exact) mass is 452 g/mol. The molecule has 3 aromatic rings. The minimum atomic E-state index is 0. The Bertz CT molecular complexity index is 916. The first-order chi connectivity index (χ1) is 13.2. The lowest BCUT2D eigenvalue weighted by Gasteiger charge is -2.33. The van der Waals surface area contributed by atoms with Crippen LogP contribution in [0.2, 0.25) is 0 Å². The summed E-state index contributed by atoms with van der Waals surface area (Å²) in [5, 5.41) is 4.18. The number of rotatable bonds is 5. The van der Waals surface area contributed by atoms with Gasteiger partial charge in [-0.05, 0) is 43.7 Å². The van der Waals surface area contributed by atoms with Crippen molar-refractivity contribution in [2.45, 2.75) is 29.8 Å². The SMILES string of the molecule is CNC1CCCN(C(=O)c2ccccc2CSc2nc3ccccc3[nH]2)C1.Cl.Cl. The highest BCUT2D eigenvalue weighted by Gasteiger charge is 2.24. The number of piperidine rings is 1. The number of H-pyrrole nitrogens is 1. The Hall–Kier alpha value is -1.73. The summed E-state index contributed by atoms with van der Waals surface area (Å²) in [5.74, 6) is 0.848. The Morgan fingerprint density at radius 3 is 2.76 bits per heavy atom. The first kappa shape index (κ1) is 23.5. The van der Waals surface area contributed by atoms with E-state index in [2.05, 4.69) is 15.3 Å². The number of aromatic nitrogens is 2. The summed E-state index contributed by atoms with van der Waals surface area (Å²) in [6.45, 7) is 1.61. The first-order valence-corrected chi connectivity index (χ1v) is 10.3. The van der Waals surface area contributed by atoms with Crippen LogP contribution in [0, 0.1) is 0 Å². The summed E-state index contributed by atoms with van der Waals surface area (Å²) in [6.07, 6.45) is 2.18. The maximum Gasteiger partial charge on any atom is 0.254 e. The minimum Gasteiger partial charge on any atom is -0.337 e. The molecule has 0 radical (unpaired) electrons. The van der Waals surface area contributed by atoms with Gasteiger partial charge in [0, 0.05) is 30.4 Å². The van der Waals surface area contributed by atoms with Gasteiger partial charge < -0.3 is 15.2 Å². The highest BCUT2D eigenvalue weighted by molar-refractivity contribution is 7.98. The fourth-order valence-corrected chi connectivity index (χ4v) is 4.46. The molecule has 8 heteroatoms. The lowest BCUT2D eigenvalue weighted by molar-refractivity contribution is 0.0697. The lowest BCUT2D eigenvalue weighted by Crippen LogP contribution is -2.47. The molecule has 1 saturated heterocycles. The Kier molecular flexibility index (Phi) is 8.83. The number of carbonyl (C=O) groups excluding carboxylic acids is 1. The predicted molar refractivity (Wildman–Crippen MR) is 125 cm³/mol. The summed E-state index contributed by atoms with van der Waals surface area (Å²) >= 11 is 1.63. The number of hydrogen-bond donors (Lipinski definition) is 2. The van der Waals surface area contributed by atoms with E-state index in [1.807, 2.05) is 60.5 Å². The van der Waals surface area contributed by atoms with Crippen molar-refractivity contribution < 1.29 is 4.79 Å². The lowest BCUT2D eigenvalue weighted by atomic mass is 10.0. The van der Waals surface area contributed by atoms with Crippen LogP contribution >= 0.6 is 36.6 Å². The van der Waals surface area contributed by atoms with Gasteiger partial charge in [0.1, 0.15) is 0 Å². The van der Waals surface area contributed by atoms with Crippen molar-refractivity contribution in [3.8, 4) is 0 Å². The number of halogens is 2. The molecule has 29 heavy (non-hydrogen) atoms. The Labute approximate surface area is 187 Å². The highest BCUT2D eigenvalue weighted by Crippen LogP contribution is 2.25. The molecular formula is C21H26Cl2N4OS. The number of likely N-dealkylation sites (tertiary alicyclic amines) is 1. The van der Waals surface area contributed by atoms with E-state index in [1.165, 1.54) is 0 Å². The summed E-state index contributed by atoms with van der Waals surface area (Å²) in [4.78, 5) is 23.0. The third-order valence-electron chi connectivity index (χ3n) is 5.10. The van der Waals surface area contributed by atoms with Crippen LogP contribution in [0.15, 0.2) is 53.7 Å². The smallest absolute Gasteiger partial charge is 0.254 e. The van der Waals surface area contributed by atoms with E-state index < -0.39 is 0 Å². The van der Waals surface area contributed by atoms with Crippen LogP contribution in [0.25, 0.3) is 11.0 Å². The minimum absolute atomic E-state index is 0. The quantitative estimate of drug-likeness (QED) is 0.558. The van der Waals surface area contributed by atoms with Crippen molar-refractivity contribution in [2.24, 2.45) is 0 Å². The molecule has 156 valence electrons. The first-order valence-electron chi connectivity index (χ1n) is 9.36. The summed E-state index contributed by atoms with van der Waals surface area (Å²) < 4.78 is 0. The van der Waals surface area contributed by atoms with Crippen molar-refractivity contribution in [3.63, 3.8) is 0 Å². The molecule has 0 saturated carbocycles. The van der Waals surface area contributed by atoms with Gasteiger partial charge in [-0.1, -0.05) is 42.1 Å². The van der Waals surface area contributed by atoms with E-state index in [0.717, 1.165) is 53.2 Å². The Morgan fingerprint density at radius 2 is 1.97 bits per heavy atom. The van der Waals surface area contributed by atoms with Gasteiger partial charge >= 0.3 is 0 Å². The van der Waals surface area contributed by atoms with Crippen LogP contribution in [0.4, 0.5) is 0 Å². The number of benzene rings is 2. The van der Waals surface area contributed by atoms with Crippen LogP contribution in [0.1, 0.15) is 28.8 Å². The number of nitrogens with one attached hydrogen (secondary N) is 2. The molecule has 1 fully saturated rings. The van der Waals surface area contributed by atoms with Crippen LogP contribution in [0.3, 0.4) is 0 Å². The second kappa shape index (κ2) is 10.9. The number of para-hydroxylation sites is 2. The van der Waals surface area contributed by atoms with Gasteiger partial charge in [-0.15, -0.1) is 24.8 Å². The van der Waals surface area contributed by atoms with E-state index in [4.69, 9.17) is 0 Å². The molecule has 2 heterocycles. The molecule has 1 aliphatic rings. The number of amides is 1. The van der Waals surface area contributed by atoms with Crippen molar-refractivity contribution in [1.82, 2.24) is 20.2 Å². The summed E-state index contributed by atoms with van der Waals surface area (Å²) in [7, 11) is 1.97. The molecule has 0 spiro atoms. The highest BCUT2D eigenvalue weighted by atomic mass is 35.5. The standard InChI is InChI=1S/C21H24N4OS.2ClH/c1-22-16-8-6-12-25(13-16)20(26)17-9-3-2-7-15(17)14-27-21-23-18-10-4-5-11-19(18)24-21;;/h2-5,7,9-11,16,22H,6,8,12-14H2,1H3,(H,23,24);2*1H. The summed E-state index contributed by atoms with van der Waals surface area (Å²) in [6, 6.07) is 16.3. The number of imidazole rings is 1. The third-order valence-corrected chi connectivity index (χ3v) is 6.02. The number of nitrogens with zero attached hydrogens (tertiary/aromatic N) is 2. The second-order valence-corrected chi connectivity index (χ2v) is 7.85. The fraction of sp³-hybridized carbons (Fsp3) is 0.333. The maximum absolute atomic E-state index is 13.1. The number of carbonyl (C=O) groups is 1. The Morgan fingerprint density at radius 1 is 1.21 bits per heavy atom. The number of likely N-dealkylation sites (N-methyl/N-ethyl adjacent to an activating group) is 1. The molecule has 5 nitrogen and oxygen atoms in total. The molecule has 2 N–H and O–H groups in total. The van der Waals surface area contributed by atoms with Gasteiger partial charge in [-0.2, -0.15) is 0 Å². The third kappa shape index (κ3) is 5.45. The zero-order chi connectivity index (χ0) is 18.6. The van der Waals surface area contributed by atoms with Crippen LogP contribution in [-0.4, -0.2) is 47.0 Å². The molecule has 4 rings (SSSR count). The van der Waals surface area contributed by atoms with Crippen LogP contribution < -0.4 is 5.32 Å². The van der Waals surface area contributed by atoms with Crippen molar-refractivity contribution >= 4 is 53.5 Å². The van der Waals surface area contributed by atoms with Gasteiger partial charge in [0.15, 0.2) is 5.16 Å². The molecule has 1 aliphatic heterocycles. The van der Waals surface area contributed by atoms with Crippen molar-refractivity contribution in [2.75, 3.05) is 20.1 Å². The number of fused-ring (bicyclic) bond motifs is 1. The maximum atomic E-state index is 13.1. The van der Waals surface area contributed by atoms with Gasteiger partial charge in [0.05, 0.1) is 11.0 Å². The van der Waals surface area contributed by atoms with E-state index in [9.17, 15) is 4.79 Å². The van der Waals surface area contributed by atoms with Crippen molar-refractivity contribution in [1.29, 1.82) is 0 Å². The zero-order valence-electron chi connectivity index (χ0n) is 16.3. The van der Waals surface area contributed by atoms with E-state index in [0.29, 0.717) is 11.8 Å². The van der Waals surface area contributed by atoms with Gasteiger partial charge in [-0.3, -0.25) is 4.79 Å². The average molecular weight is 453 g/mol. The molecule has 1 unspecified atom stereocenters. The Balaban J connectivity index is 0.00000150. The number of aromatic amines is 1. The second-order valence-electron chi connectivity index (χ2n) is 6.88. The molecule has 1 aromatic heterocycles.